The standard InChI is InChI=1S/C10H17N3O2/c1-7(2)13-10(14)11-5-4-9-12-6-8(3)15-9/h6-7H,4-5H2,1-3H3,(H2,11,13,14). The Kier molecular flexibility index (Phi) is 4.15. The molecule has 0 spiro atoms. The lowest BCUT2D eigenvalue weighted by atomic mass is 10.4. The average molecular weight is 211 g/mol. The fraction of sp³-hybridized carbons (Fsp3) is 0.600. The predicted molar refractivity (Wildman–Crippen MR) is 56.6 cm³/mol. The van der Waals surface area contributed by atoms with Gasteiger partial charge in [-0.25, -0.2) is 9.78 Å². The van der Waals surface area contributed by atoms with E-state index in [2.05, 4.69) is 15.6 Å². The second-order valence-corrected chi connectivity index (χ2v) is 3.67. The van der Waals surface area contributed by atoms with Crippen molar-refractivity contribution in [3.05, 3.63) is 17.8 Å². The summed E-state index contributed by atoms with van der Waals surface area (Å²) in [4.78, 5) is 15.2. The smallest absolute Gasteiger partial charge is 0.315 e. The highest BCUT2D eigenvalue weighted by molar-refractivity contribution is 5.74. The Balaban J connectivity index is 2.19. The summed E-state index contributed by atoms with van der Waals surface area (Å²) in [5.74, 6) is 1.44. The molecule has 0 bridgehead atoms. The van der Waals surface area contributed by atoms with Crippen LogP contribution in [0.3, 0.4) is 0 Å². The molecule has 1 rings (SSSR count). The molecule has 5 nitrogen and oxygen atoms in total. The Labute approximate surface area is 89.3 Å². The number of oxazole rings is 1. The van der Waals surface area contributed by atoms with E-state index in [1.807, 2.05) is 20.8 Å². The van der Waals surface area contributed by atoms with E-state index in [9.17, 15) is 4.79 Å². The van der Waals surface area contributed by atoms with E-state index in [0.717, 1.165) is 5.76 Å². The number of carbonyl (C=O) groups is 1. The number of hydrogen-bond donors (Lipinski definition) is 2. The number of aryl methyl sites for hydroxylation is 1. The molecule has 0 saturated heterocycles. The molecule has 1 aromatic heterocycles. The maximum absolute atomic E-state index is 11.2. The molecular formula is C10H17N3O2. The quantitative estimate of drug-likeness (QED) is 0.787. The van der Waals surface area contributed by atoms with Crippen molar-refractivity contribution in [3.8, 4) is 0 Å². The summed E-state index contributed by atoms with van der Waals surface area (Å²) in [7, 11) is 0. The molecule has 0 fully saturated rings. The van der Waals surface area contributed by atoms with E-state index in [4.69, 9.17) is 4.42 Å². The Bertz CT molecular complexity index is 320. The van der Waals surface area contributed by atoms with Crippen LogP contribution < -0.4 is 10.6 Å². The van der Waals surface area contributed by atoms with Gasteiger partial charge in [0.2, 0.25) is 0 Å². The van der Waals surface area contributed by atoms with Crippen molar-refractivity contribution < 1.29 is 9.21 Å². The maximum Gasteiger partial charge on any atom is 0.315 e. The van der Waals surface area contributed by atoms with Gasteiger partial charge in [0.05, 0.1) is 6.20 Å². The van der Waals surface area contributed by atoms with E-state index in [1.54, 1.807) is 6.20 Å². The minimum absolute atomic E-state index is 0.147. The van der Waals surface area contributed by atoms with Crippen LogP contribution in [0.5, 0.6) is 0 Å². The molecule has 0 radical (unpaired) electrons. The van der Waals surface area contributed by atoms with Gasteiger partial charge in [-0.15, -0.1) is 0 Å². The van der Waals surface area contributed by atoms with Crippen LogP contribution in [0.2, 0.25) is 0 Å². The van der Waals surface area contributed by atoms with Gasteiger partial charge in [-0.05, 0) is 20.8 Å². The van der Waals surface area contributed by atoms with Gasteiger partial charge in [-0.3, -0.25) is 0 Å². The SMILES string of the molecule is Cc1cnc(CCNC(=O)NC(C)C)o1. The van der Waals surface area contributed by atoms with E-state index in [1.165, 1.54) is 0 Å². The van der Waals surface area contributed by atoms with Crippen molar-refractivity contribution in [2.75, 3.05) is 6.54 Å². The number of hydrogen-bond acceptors (Lipinski definition) is 3. The van der Waals surface area contributed by atoms with Crippen LogP contribution in [-0.2, 0) is 6.42 Å². The fourth-order valence-corrected chi connectivity index (χ4v) is 1.11. The number of nitrogens with zero attached hydrogens (tertiary/aromatic N) is 1. The van der Waals surface area contributed by atoms with Gasteiger partial charge in [0, 0.05) is 19.0 Å². The van der Waals surface area contributed by atoms with Crippen molar-refractivity contribution in [2.24, 2.45) is 0 Å². The molecule has 0 aromatic carbocycles. The molecule has 0 aliphatic rings. The molecule has 1 aromatic rings. The van der Waals surface area contributed by atoms with Gasteiger partial charge in [0.15, 0.2) is 5.89 Å². The molecule has 5 heteroatoms. The summed E-state index contributed by atoms with van der Waals surface area (Å²) in [5, 5.41) is 5.45. The zero-order valence-electron chi connectivity index (χ0n) is 9.33. The highest BCUT2D eigenvalue weighted by Crippen LogP contribution is 2.00. The second-order valence-electron chi connectivity index (χ2n) is 3.67. The van der Waals surface area contributed by atoms with Crippen molar-refractivity contribution in [3.63, 3.8) is 0 Å². The summed E-state index contributed by atoms with van der Waals surface area (Å²) in [5.41, 5.74) is 0. The van der Waals surface area contributed by atoms with E-state index >= 15 is 0 Å². The van der Waals surface area contributed by atoms with E-state index in [0.29, 0.717) is 18.9 Å². The van der Waals surface area contributed by atoms with Gasteiger partial charge in [0.1, 0.15) is 5.76 Å². The van der Waals surface area contributed by atoms with E-state index in [-0.39, 0.29) is 12.1 Å². The van der Waals surface area contributed by atoms with E-state index < -0.39 is 0 Å². The summed E-state index contributed by atoms with van der Waals surface area (Å²) in [6.07, 6.45) is 2.28. The second kappa shape index (κ2) is 5.38. The minimum atomic E-state index is -0.159. The zero-order chi connectivity index (χ0) is 11.3. The maximum atomic E-state index is 11.2. The van der Waals surface area contributed by atoms with Gasteiger partial charge in [0.25, 0.3) is 0 Å². The summed E-state index contributed by atoms with van der Waals surface area (Å²) in [6.45, 7) is 6.20. The number of nitrogens with one attached hydrogen (secondary N) is 2. The summed E-state index contributed by atoms with van der Waals surface area (Å²) in [6, 6.07) is -0.0118. The molecule has 0 atom stereocenters. The lowest BCUT2D eigenvalue weighted by molar-refractivity contribution is 0.238. The van der Waals surface area contributed by atoms with Crippen molar-refractivity contribution in [1.82, 2.24) is 15.6 Å². The Morgan fingerprint density at radius 3 is 2.87 bits per heavy atom. The summed E-state index contributed by atoms with van der Waals surface area (Å²) >= 11 is 0. The van der Waals surface area contributed by atoms with Crippen LogP contribution in [-0.4, -0.2) is 23.6 Å². The lowest BCUT2D eigenvalue weighted by Crippen LogP contribution is -2.40. The third-order valence-corrected chi connectivity index (χ3v) is 1.71. The molecule has 0 aliphatic heterocycles. The van der Waals surface area contributed by atoms with Crippen LogP contribution in [0.1, 0.15) is 25.5 Å². The first kappa shape index (κ1) is 11.6. The van der Waals surface area contributed by atoms with Crippen molar-refractivity contribution in [2.45, 2.75) is 33.2 Å². The monoisotopic (exact) mass is 211 g/mol. The van der Waals surface area contributed by atoms with Crippen molar-refractivity contribution >= 4 is 6.03 Å². The largest absolute Gasteiger partial charge is 0.446 e. The van der Waals surface area contributed by atoms with Crippen molar-refractivity contribution in [1.29, 1.82) is 0 Å². The average Bonchev–Trinajstić information content (AvgIpc) is 2.50. The van der Waals surface area contributed by atoms with Gasteiger partial charge < -0.3 is 15.1 Å². The minimum Gasteiger partial charge on any atom is -0.446 e. The molecular weight excluding hydrogens is 194 g/mol. The molecule has 2 N–H and O–H groups in total. The number of amides is 2. The molecule has 15 heavy (non-hydrogen) atoms. The molecule has 0 unspecified atom stereocenters. The van der Waals surface area contributed by atoms with Crippen LogP contribution in [0, 0.1) is 6.92 Å². The topological polar surface area (TPSA) is 67.2 Å². The summed E-state index contributed by atoms with van der Waals surface area (Å²) < 4.78 is 5.26. The molecule has 84 valence electrons. The molecule has 0 saturated carbocycles. The van der Waals surface area contributed by atoms with Crippen LogP contribution in [0.25, 0.3) is 0 Å². The first-order valence-electron chi connectivity index (χ1n) is 5.03. The number of urea groups is 1. The Morgan fingerprint density at radius 2 is 2.33 bits per heavy atom. The first-order valence-corrected chi connectivity index (χ1v) is 5.03. The highest BCUT2D eigenvalue weighted by atomic mass is 16.4. The number of rotatable bonds is 4. The van der Waals surface area contributed by atoms with Crippen LogP contribution >= 0.6 is 0 Å². The first-order chi connectivity index (χ1) is 7.08. The normalized spacial score (nSPS) is 10.4. The number of aromatic nitrogens is 1. The number of carbonyl (C=O) groups excluding carboxylic acids is 1. The third kappa shape index (κ3) is 4.49. The third-order valence-electron chi connectivity index (χ3n) is 1.71. The fourth-order valence-electron chi connectivity index (χ4n) is 1.11. The molecule has 2 amide bonds. The zero-order valence-corrected chi connectivity index (χ0v) is 9.33. The highest BCUT2D eigenvalue weighted by Gasteiger charge is 2.03. The molecule has 0 aliphatic carbocycles. The molecule has 1 heterocycles. The van der Waals surface area contributed by atoms with Gasteiger partial charge in [-0.2, -0.15) is 0 Å². The van der Waals surface area contributed by atoms with Crippen LogP contribution in [0.4, 0.5) is 4.79 Å². The Hall–Kier alpha value is -1.52. The van der Waals surface area contributed by atoms with Gasteiger partial charge in [-0.1, -0.05) is 0 Å². The Morgan fingerprint density at radius 1 is 1.60 bits per heavy atom. The van der Waals surface area contributed by atoms with Gasteiger partial charge >= 0.3 is 6.03 Å². The van der Waals surface area contributed by atoms with Crippen LogP contribution in [0.15, 0.2) is 10.6 Å². The predicted octanol–water partition coefficient (Wildman–Crippen LogP) is 1.23. The lowest BCUT2D eigenvalue weighted by Gasteiger charge is -2.08.